The van der Waals surface area contributed by atoms with Crippen LogP contribution in [0.3, 0.4) is 0 Å². The average Bonchev–Trinajstić information content (AvgIpc) is 2.36. The molecule has 0 unspecified atom stereocenters. The highest BCUT2D eigenvalue weighted by atomic mass is 32.1. The van der Waals surface area contributed by atoms with Gasteiger partial charge in [-0.25, -0.2) is 0 Å². The minimum absolute atomic E-state index is 0.0800. The predicted molar refractivity (Wildman–Crippen MR) is 76.7 cm³/mol. The number of fused-ring (bicyclic) bond motifs is 2. The molecule has 0 amide bonds. The summed E-state index contributed by atoms with van der Waals surface area (Å²) in [5.74, 6) is 0.114. The Labute approximate surface area is 108 Å². The molecule has 1 aromatic heterocycles. The van der Waals surface area contributed by atoms with E-state index in [2.05, 4.69) is 0 Å². The molecule has 2 nitrogen and oxygen atoms in total. The van der Waals surface area contributed by atoms with Crippen LogP contribution in [0.25, 0.3) is 20.2 Å². The summed E-state index contributed by atoms with van der Waals surface area (Å²) in [4.78, 5) is 12.5. The Balaban J connectivity index is 2.69. The highest BCUT2D eigenvalue weighted by molar-refractivity contribution is 7.24. The lowest BCUT2D eigenvalue weighted by Gasteiger charge is -2.08. The van der Waals surface area contributed by atoms with Gasteiger partial charge in [0.1, 0.15) is 5.75 Å². The van der Waals surface area contributed by atoms with Crippen molar-refractivity contribution in [2.45, 2.75) is 13.8 Å². The molecule has 3 heteroatoms. The van der Waals surface area contributed by atoms with Gasteiger partial charge < -0.3 is 5.11 Å². The van der Waals surface area contributed by atoms with Gasteiger partial charge in [0, 0.05) is 14.8 Å². The maximum Gasteiger partial charge on any atom is 0.199 e. The van der Waals surface area contributed by atoms with Crippen LogP contribution in [0, 0.1) is 13.8 Å². The van der Waals surface area contributed by atoms with Gasteiger partial charge >= 0.3 is 0 Å². The standard InChI is InChI=1S/C15H12O2S/c1-8-7-9(2)15-12(13(8)16)14(17)10-5-3-4-6-11(10)18-15/h3-7,16H,1-2H3. The zero-order valence-electron chi connectivity index (χ0n) is 10.2. The van der Waals surface area contributed by atoms with Crippen molar-refractivity contribution < 1.29 is 5.11 Å². The first kappa shape index (κ1) is 11.2. The van der Waals surface area contributed by atoms with Crippen LogP contribution in [0.5, 0.6) is 5.75 Å². The van der Waals surface area contributed by atoms with Crippen molar-refractivity contribution in [2.24, 2.45) is 0 Å². The van der Waals surface area contributed by atoms with Crippen LogP contribution in [0.1, 0.15) is 11.1 Å². The molecular weight excluding hydrogens is 244 g/mol. The maximum absolute atomic E-state index is 12.5. The molecule has 1 N–H and O–H groups in total. The highest BCUT2D eigenvalue weighted by Gasteiger charge is 2.13. The summed E-state index contributed by atoms with van der Waals surface area (Å²) >= 11 is 1.55. The van der Waals surface area contributed by atoms with E-state index >= 15 is 0 Å². The van der Waals surface area contributed by atoms with Crippen molar-refractivity contribution in [3.05, 3.63) is 51.7 Å². The molecule has 90 valence electrons. The summed E-state index contributed by atoms with van der Waals surface area (Å²) in [7, 11) is 0. The molecule has 0 saturated heterocycles. The van der Waals surface area contributed by atoms with Crippen LogP contribution in [-0.4, -0.2) is 5.11 Å². The molecule has 0 saturated carbocycles. The molecule has 18 heavy (non-hydrogen) atoms. The Morgan fingerprint density at radius 2 is 1.83 bits per heavy atom. The summed E-state index contributed by atoms with van der Waals surface area (Å²) in [6.07, 6.45) is 0. The van der Waals surface area contributed by atoms with Crippen molar-refractivity contribution in [3.63, 3.8) is 0 Å². The van der Waals surface area contributed by atoms with Crippen LogP contribution in [0.4, 0.5) is 0 Å². The molecule has 0 bridgehead atoms. The van der Waals surface area contributed by atoms with Gasteiger partial charge in [-0.05, 0) is 37.1 Å². The normalized spacial score (nSPS) is 11.2. The van der Waals surface area contributed by atoms with Gasteiger partial charge in [-0.3, -0.25) is 4.79 Å². The third-order valence-corrected chi connectivity index (χ3v) is 4.51. The Morgan fingerprint density at radius 1 is 1.11 bits per heavy atom. The second kappa shape index (κ2) is 3.82. The van der Waals surface area contributed by atoms with Crippen molar-refractivity contribution in [2.75, 3.05) is 0 Å². The number of aryl methyl sites for hydroxylation is 2. The van der Waals surface area contributed by atoms with Gasteiger partial charge in [0.25, 0.3) is 0 Å². The monoisotopic (exact) mass is 256 g/mol. The molecule has 0 aliphatic heterocycles. The second-order valence-electron chi connectivity index (χ2n) is 4.49. The summed E-state index contributed by atoms with van der Waals surface area (Å²) < 4.78 is 1.84. The van der Waals surface area contributed by atoms with E-state index in [-0.39, 0.29) is 11.2 Å². The molecule has 1 heterocycles. The van der Waals surface area contributed by atoms with Crippen LogP contribution in [0.15, 0.2) is 35.1 Å². The highest BCUT2D eigenvalue weighted by Crippen LogP contribution is 2.34. The van der Waals surface area contributed by atoms with Gasteiger partial charge in [-0.15, -0.1) is 11.3 Å². The quantitative estimate of drug-likeness (QED) is 0.622. The zero-order chi connectivity index (χ0) is 12.9. The van der Waals surface area contributed by atoms with Gasteiger partial charge in [0.15, 0.2) is 5.43 Å². The number of hydrogen-bond acceptors (Lipinski definition) is 3. The van der Waals surface area contributed by atoms with E-state index in [1.165, 1.54) is 0 Å². The fourth-order valence-electron chi connectivity index (χ4n) is 2.29. The van der Waals surface area contributed by atoms with E-state index in [1.807, 2.05) is 44.2 Å². The Hall–Kier alpha value is -1.87. The fraction of sp³-hybridized carbons (Fsp3) is 0.133. The number of hydrogen-bond donors (Lipinski definition) is 1. The predicted octanol–water partition coefficient (Wildman–Crippen LogP) is 3.74. The van der Waals surface area contributed by atoms with Crippen LogP contribution >= 0.6 is 11.3 Å². The third-order valence-electron chi connectivity index (χ3n) is 3.20. The summed E-state index contributed by atoms with van der Waals surface area (Å²) in [5.41, 5.74) is 1.70. The average molecular weight is 256 g/mol. The van der Waals surface area contributed by atoms with Gasteiger partial charge in [0.05, 0.1) is 5.39 Å². The lowest BCUT2D eigenvalue weighted by Crippen LogP contribution is -2.02. The molecule has 2 aromatic carbocycles. The molecule has 0 radical (unpaired) electrons. The lowest BCUT2D eigenvalue weighted by atomic mass is 10.1. The summed E-state index contributed by atoms with van der Waals surface area (Å²) in [6.45, 7) is 3.79. The number of benzene rings is 2. The topological polar surface area (TPSA) is 37.3 Å². The van der Waals surface area contributed by atoms with Crippen molar-refractivity contribution in [3.8, 4) is 5.75 Å². The second-order valence-corrected chi connectivity index (χ2v) is 5.54. The first-order chi connectivity index (χ1) is 8.59. The van der Waals surface area contributed by atoms with E-state index < -0.39 is 0 Å². The van der Waals surface area contributed by atoms with E-state index in [1.54, 1.807) is 11.3 Å². The SMILES string of the molecule is Cc1cc(C)c2sc3ccccc3c(=O)c2c1O. The first-order valence-corrected chi connectivity index (χ1v) is 6.56. The Kier molecular flexibility index (Phi) is 2.38. The molecule has 3 aromatic rings. The third kappa shape index (κ3) is 1.44. The fourth-order valence-corrected chi connectivity index (χ4v) is 3.44. The van der Waals surface area contributed by atoms with Gasteiger partial charge in [-0.1, -0.05) is 18.2 Å². The summed E-state index contributed by atoms with van der Waals surface area (Å²) in [5, 5.41) is 11.3. The molecule has 0 aliphatic carbocycles. The maximum atomic E-state index is 12.5. The molecule has 0 atom stereocenters. The molecule has 0 fully saturated rings. The minimum Gasteiger partial charge on any atom is -0.507 e. The molecule has 0 aliphatic rings. The molecule has 3 rings (SSSR count). The van der Waals surface area contributed by atoms with Gasteiger partial charge in [0.2, 0.25) is 0 Å². The Morgan fingerprint density at radius 3 is 2.61 bits per heavy atom. The largest absolute Gasteiger partial charge is 0.507 e. The number of rotatable bonds is 0. The molecule has 0 spiro atoms. The van der Waals surface area contributed by atoms with Crippen molar-refractivity contribution in [1.29, 1.82) is 0 Å². The van der Waals surface area contributed by atoms with E-state index in [4.69, 9.17) is 0 Å². The van der Waals surface area contributed by atoms with E-state index in [9.17, 15) is 9.90 Å². The Bertz CT molecular complexity index is 831. The van der Waals surface area contributed by atoms with Crippen LogP contribution in [-0.2, 0) is 0 Å². The zero-order valence-corrected chi connectivity index (χ0v) is 11.0. The van der Waals surface area contributed by atoms with Gasteiger partial charge in [-0.2, -0.15) is 0 Å². The summed E-state index contributed by atoms with van der Waals surface area (Å²) in [6, 6.07) is 9.44. The van der Waals surface area contributed by atoms with Crippen molar-refractivity contribution >= 4 is 31.5 Å². The number of phenolic OH excluding ortho intramolecular Hbond substituents is 1. The smallest absolute Gasteiger partial charge is 0.199 e. The molecular formula is C15H12O2S. The first-order valence-electron chi connectivity index (χ1n) is 5.74. The number of phenols is 1. The van der Waals surface area contributed by atoms with Crippen LogP contribution < -0.4 is 5.43 Å². The van der Waals surface area contributed by atoms with E-state index in [0.717, 1.165) is 20.5 Å². The van der Waals surface area contributed by atoms with Crippen LogP contribution in [0.2, 0.25) is 0 Å². The van der Waals surface area contributed by atoms with E-state index in [0.29, 0.717) is 10.8 Å². The number of aromatic hydroxyl groups is 1. The minimum atomic E-state index is -0.0800. The van der Waals surface area contributed by atoms with Crippen molar-refractivity contribution in [1.82, 2.24) is 0 Å². The lowest BCUT2D eigenvalue weighted by molar-refractivity contribution is 0.477.